The van der Waals surface area contributed by atoms with Crippen LogP contribution in [0.2, 0.25) is 0 Å². The Morgan fingerprint density at radius 3 is 2.79 bits per heavy atom. The van der Waals surface area contributed by atoms with Crippen LogP contribution in [-0.4, -0.2) is 9.97 Å². The van der Waals surface area contributed by atoms with Gasteiger partial charge in [-0.2, -0.15) is 0 Å². The summed E-state index contributed by atoms with van der Waals surface area (Å²) in [5.74, 6) is 0.832. The molecule has 3 N–H and O–H groups in total. The molecular formula is C14H11Br2N3. The number of aromatic amines is 1. The number of imidazole rings is 1. The zero-order valence-corrected chi connectivity index (χ0v) is 13.3. The number of benzene rings is 2. The van der Waals surface area contributed by atoms with E-state index in [1.165, 1.54) is 0 Å². The molecule has 0 aliphatic heterocycles. The predicted octanol–water partition coefficient (Wildman–Crippen LogP) is 4.65. The van der Waals surface area contributed by atoms with Crippen molar-refractivity contribution in [1.82, 2.24) is 9.97 Å². The van der Waals surface area contributed by atoms with E-state index < -0.39 is 0 Å². The van der Waals surface area contributed by atoms with Gasteiger partial charge < -0.3 is 10.7 Å². The first-order valence-electron chi connectivity index (χ1n) is 5.76. The van der Waals surface area contributed by atoms with E-state index in [-0.39, 0.29) is 0 Å². The van der Waals surface area contributed by atoms with E-state index in [1.54, 1.807) is 0 Å². The molecule has 0 aliphatic rings. The van der Waals surface area contributed by atoms with Gasteiger partial charge in [-0.3, -0.25) is 0 Å². The highest BCUT2D eigenvalue weighted by Crippen LogP contribution is 2.31. The van der Waals surface area contributed by atoms with Gasteiger partial charge in [0.15, 0.2) is 0 Å². The zero-order chi connectivity index (χ0) is 13.6. The maximum atomic E-state index is 5.99. The third kappa shape index (κ3) is 2.17. The molecule has 0 saturated carbocycles. The summed E-state index contributed by atoms with van der Waals surface area (Å²) in [6.07, 6.45) is 0. The Hall–Kier alpha value is -1.33. The monoisotopic (exact) mass is 379 g/mol. The average molecular weight is 381 g/mol. The molecule has 96 valence electrons. The lowest BCUT2D eigenvalue weighted by Gasteiger charge is -2.03. The molecule has 0 unspecified atom stereocenters. The summed E-state index contributed by atoms with van der Waals surface area (Å²) in [7, 11) is 0. The van der Waals surface area contributed by atoms with Crippen molar-refractivity contribution in [3.63, 3.8) is 0 Å². The maximum Gasteiger partial charge on any atom is 0.138 e. The van der Waals surface area contributed by atoms with Gasteiger partial charge >= 0.3 is 0 Å². The number of hydrogen-bond acceptors (Lipinski definition) is 2. The highest BCUT2D eigenvalue weighted by Gasteiger charge is 2.11. The summed E-state index contributed by atoms with van der Waals surface area (Å²) < 4.78 is 2.01. The Morgan fingerprint density at radius 2 is 2.00 bits per heavy atom. The fraction of sp³-hybridized carbons (Fsp3) is 0.0714. The van der Waals surface area contributed by atoms with Crippen molar-refractivity contribution in [2.45, 2.75) is 6.92 Å². The minimum absolute atomic E-state index is 0.666. The molecule has 0 spiro atoms. The Balaban J connectivity index is 2.26. The number of anilines is 1. The van der Waals surface area contributed by atoms with Crippen LogP contribution < -0.4 is 5.73 Å². The molecule has 3 rings (SSSR count). The smallest absolute Gasteiger partial charge is 0.138 e. The number of hydrogen-bond donors (Lipinski definition) is 2. The summed E-state index contributed by atoms with van der Waals surface area (Å²) >= 11 is 6.98. The lowest BCUT2D eigenvalue weighted by atomic mass is 10.1. The lowest BCUT2D eigenvalue weighted by Crippen LogP contribution is -1.87. The van der Waals surface area contributed by atoms with Crippen LogP contribution >= 0.6 is 31.9 Å². The van der Waals surface area contributed by atoms with Crippen molar-refractivity contribution >= 4 is 48.6 Å². The summed E-state index contributed by atoms with van der Waals surface area (Å²) in [4.78, 5) is 7.92. The molecule has 0 bridgehead atoms. The Labute approximate surface area is 127 Å². The quantitative estimate of drug-likeness (QED) is 0.604. The van der Waals surface area contributed by atoms with Crippen LogP contribution in [0.5, 0.6) is 0 Å². The number of nitrogens with zero attached hydrogens (tertiary/aromatic N) is 1. The molecule has 0 radical (unpaired) electrons. The minimum Gasteiger partial charge on any atom is -0.397 e. The van der Waals surface area contributed by atoms with Gasteiger partial charge in [-0.15, -0.1) is 0 Å². The van der Waals surface area contributed by atoms with E-state index in [9.17, 15) is 0 Å². The molecule has 0 fully saturated rings. The summed E-state index contributed by atoms with van der Waals surface area (Å²) in [5, 5.41) is 0. The van der Waals surface area contributed by atoms with Crippen molar-refractivity contribution in [3.05, 3.63) is 44.8 Å². The molecular weight excluding hydrogens is 370 g/mol. The van der Waals surface area contributed by atoms with Gasteiger partial charge in [0.05, 0.1) is 11.2 Å². The summed E-state index contributed by atoms with van der Waals surface area (Å²) in [5.41, 5.74) is 10.6. The summed E-state index contributed by atoms with van der Waals surface area (Å²) in [6.45, 7) is 2.06. The van der Waals surface area contributed by atoms with Crippen LogP contribution in [0.4, 0.5) is 5.69 Å². The second kappa shape index (κ2) is 4.65. The van der Waals surface area contributed by atoms with E-state index in [2.05, 4.69) is 48.8 Å². The Bertz CT molecular complexity index is 778. The van der Waals surface area contributed by atoms with Crippen LogP contribution in [0.3, 0.4) is 0 Å². The van der Waals surface area contributed by atoms with E-state index in [1.807, 2.05) is 30.3 Å². The van der Waals surface area contributed by atoms with Gasteiger partial charge in [0.2, 0.25) is 0 Å². The molecule has 0 atom stereocenters. The van der Waals surface area contributed by atoms with Gasteiger partial charge in [0.25, 0.3) is 0 Å². The number of fused-ring (bicyclic) bond motifs is 1. The minimum atomic E-state index is 0.666. The van der Waals surface area contributed by atoms with E-state index in [4.69, 9.17) is 5.73 Å². The van der Waals surface area contributed by atoms with Crippen molar-refractivity contribution in [3.8, 4) is 11.4 Å². The zero-order valence-electron chi connectivity index (χ0n) is 10.2. The average Bonchev–Trinajstić information content (AvgIpc) is 2.76. The van der Waals surface area contributed by atoms with Crippen LogP contribution in [0, 0.1) is 6.92 Å². The Kier molecular flexibility index (Phi) is 3.11. The molecule has 2 aromatic carbocycles. The molecule has 5 heteroatoms. The molecule has 3 nitrogen and oxygen atoms in total. The van der Waals surface area contributed by atoms with Crippen molar-refractivity contribution in [2.24, 2.45) is 0 Å². The molecule has 1 aromatic heterocycles. The van der Waals surface area contributed by atoms with Crippen LogP contribution in [0.15, 0.2) is 39.3 Å². The largest absolute Gasteiger partial charge is 0.397 e. The van der Waals surface area contributed by atoms with Crippen LogP contribution in [0.25, 0.3) is 22.4 Å². The molecule has 0 aliphatic carbocycles. The third-order valence-electron chi connectivity index (χ3n) is 3.10. The molecule has 0 saturated heterocycles. The number of nitrogen functional groups attached to an aromatic ring is 1. The number of nitrogens with two attached hydrogens (primary N) is 1. The number of aromatic nitrogens is 2. The van der Waals surface area contributed by atoms with Crippen molar-refractivity contribution < 1.29 is 0 Å². The number of rotatable bonds is 1. The topological polar surface area (TPSA) is 54.7 Å². The fourth-order valence-electron chi connectivity index (χ4n) is 2.10. The van der Waals surface area contributed by atoms with Gasteiger partial charge in [-0.25, -0.2) is 4.98 Å². The van der Waals surface area contributed by atoms with E-state index in [0.717, 1.165) is 36.9 Å². The van der Waals surface area contributed by atoms with E-state index >= 15 is 0 Å². The number of H-pyrrole nitrogens is 1. The normalized spacial score (nSPS) is 11.1. The first-order valence-corrected chi connectivity index (χ1v) is 7.35. The van der Waals surface area contributed by atoms with Gasteiger partial charge in [-0.1, -0.05) is 44.0 Å². The maximum absolute atomic E-state index is 5.99. The van der Waals surface area contributed by atoms with Gasteiger partial charge in [-0.05, 0) is 30.7 Å². The predicted molar refractivity (Wildman–Crippen MR) is 86.1 cm³/mol. The Morgan fingerprint density at radius 1 is 1.21 bits per heavy atom. The van der Waals surface area contributed by atoms with Crippen LogP contribution in [-0.2, 0) is 0 Å². The third-order valence-corrected chi connectivity index (χ3v) is 4.42. The highest BCUT2D eigenvalue weighted by molar-refractivity contribution is 9.10. The summed E-state index contributed by atoms with van der Waals surface area (Å²) in [6, 6.07) is 9.91. The second-order valence-corrected chi connectivity index (χ2v) is 6.16. The SMILES string of the molecule is Cc1c(Br)cccc1-c1nc2c(N)cc(Br)cc2[nH]1. The van der Waals surface area contributed by atoms with Crippen molar-refractivity contribution in [1.29, 1.82) is 0 Å². The first-order chi connectivity index (χ1) is 9.06. The number of halogens is 2. The van der Waals surface area contributed by atoms with Gasteiger partial charge in [0.1, 0.15) is 11.3 Å². The molecule has 1 heterocycles. The molecule has 3 aromatic rings. The molecule has 19 heavy (non-hydrogen) atoms. The number of nitrogens with one attached hydrogen (secondary N) is 1. The fourth-order valence-corrected chi connectivity index (χ4v) is 2.94. The van der Waals surface area contributed by atoms with Crippen LogP contribution in [0.1, 0.15) is 5.56 Å². The molecule has 0 amide bonds. The lowest BCUT2D eigenvalue weighted by molar-refractivity contribution is 1.30. The van der Waals surface area contributed by atoms with Gasteiger partial charge in [0, 0.05) is 14.5 Å². The standard InChI is InChI=1S/C14H11Br2N3/c1-7-9(3-2-4-10(7)16)14-18-12-6-8(15)5-11(17)13(12)19-14/h2-6H,17H2,1H3,(H,18,19). The second-order valence-electron chi connectivity index (χ2n) is 4.39. The van der Waals surface area contributed by atoms with E-state index in [0.29, 0.717) is 5.69 Å². The highest BCUT2D eigenvalue weighted by atomic mass is 79.9. The first kappa shape index (κ1) is 12.7. The van der Waals surface area contributed by atoms with Crippen molar-refractivity contribution in [2.75, 3.05) is 5.73 Å².